The summed E-state index contributed by atoms with van der Waals surface area (Å²) in [7, 11) is 0. The smallest absolute Gasteiger partial charge is 0.311 e. The van der Waals surface area contributed by atoms with E-state index in [1.165, 1.54) is 12.1 Å². The van der Waals surface area contributed by atoms with Gasteiger partial charge in [-0.3, -0.25) is 10.1 Å². The van der Waals surface area contributed by atoms with Crippen molar-refractivity contribution < 1.29 is 13.7 Å². The molecular weight excluding hydrogens is 424 g/mol. The Morgan fingerprint density at radius 1 is 1.22 bits per heavy atom. The molecule has 1 aromatic carbocycles. The van der Waals surface area contributed by atoms with Crippen molar-refractivity contribution in [2.75, 3.05) is 42.9 Å². The maximum absolute atomic E-state index is 14.6. The molecule has 1 N–H and O–H groups in total. The SMILES string of the molecule is CCN1CCN(c2c(F)cc(Nc3nc(Br)ccc3[N+](=O)[O-])cc2F)CC1. The van der Waals surface area contributed by atoms with Gasteiger partial charge in [-0.15, -0.1) is 0 Å². The third-order valence-electron chi connectivity index (χ3n) is 4.45. The van der Waals surface area contributed by atoms with Gasteiger partial charge in [-0.1, -0.05) is 6.92 Å². The molecule has 1 aliphatic heterocycles. The molecule has 0 aliphatic carbocycles. The van der Waals surface area contributed by atoms with E-state index in [4.69, 9.17) is 0 Å². The molecule has 1 saturated heterocycles. The number of hydrogen-bond acceptors (Lipinski definition) is 6. The number of pyridine rings is 1. The van der Waals surface area contributed by atoms with Gasteiger partial charge >= 0.3 is 5.69 Å². The van der Waals surface area contributed by atoms with Crippen LogP contribution in [0.5, 0.6) is 0 Å². The number of benzene rings is 1. The van der Waals surface area contributed by atoms with Gasteiger partial charge in [-0.25, -0.2) is 13.8 Å². The van der Waals surface area contributed by atoms with Crippen molar-refractivity contribution in [3.63, 3.8) is 0 Å². The molecule has 0 saturated carbocycles. The maximum Gasteiger partial charge on any atom is 0.311 e. The number of halogens is 3. The van der Waals surface area contributed by atoms with Gasteiger partial charge in [0.15, 0.2) is 11.6 Å². The third-order valence-corrected chi connectivity index (χ3v) is 4.89. The van der Waals surface area contributed by atoms with Gasteiger partial charge in [0.2, 0.25) is 5.82 Å². The lowest BCUT2D eigenvalue weighted by atomic mass is 10.2. The summed E-state index contributed by atoms with van der Waals surface area (Å²) >= 11 is 3.13. The van der Waals surface area contributed by atoms with Crippen LogP contribution in [-0.4, -0.2) is 47.5 Å². The van der Waals surface area contributed by atoms with Crippen molar-refractivity contribution in [2.24, 2.45) is 0 Å². The Morgan fingerprint density at radius 2 is 1.85 bits per heavy atom. The highest BCUT2D eigenvalue weighted by Crippen LogP contribution is 2.32. The Hall–Kier alpha value is -2.33. The van der Waals surface area contributed by atoms with Crippen molar-refractivity contribution in [1.29, 1.82) is 0 Å². The minimum Gasteiger partial charge on any atom is -0.364 e. The van der Waals surface area contributed by atoms with E-state index in [9.17, 15) is 18.9 Å². The number of nitrogens with zero attached hydrogens (tertiary/aromatic N) is 4. The lowest BCUT2D eigenvalue weighted by Gasteiger charge is -2.35. The first kappa shape index (κ1) is 19.4. The topological polar surface area (TPSA) is 74.5 Å². The molecule has 10 heteroatoms. The molecule has 1 fully saturated rings. The van der Waals surface area contributed by atoms with E-state index in [1.807, 2.05) is 6.92 Å². The van der Waals surface area contributed by atoms with Crippen LogP contribution < -0.4 is 10.2 Å². The molecule has 1 aromatic heterocycles. The van der Waals surface area contributed by atoms with E-state index >= 15 is 0 Å². The fourth-order valence-electron chi connectivity index (χ4n) is 3.03. The second-order valence-electron chi connectivity index (χ2n) is 6.09. The lowest BCUT2D eigenvalue weighted by Crippen LogP contribution is -2.46. The summed E-state index contributed by atoms with van der Waals surface area (Å²) in [6.45, 7) is 5.50. The van der Waals surface area contributed by atoms with Crippen LogP contribution in [-0.2, 0) is 0 Å². The number of aromatic nitrogens is 1. The van der Waals surface area contributed by atoms with Gasteiger partial charge in [0.05, 0.1) is 4.92 Å². The molecule has 0 unspecified atom stereocenters. The zero-order valence-electron chi connectivity index (χ0n) is 14.6. The van der Waals surface area contributed by atoms with Crippen molar-refractivity contribution in [2.45, 2.75) is 6.92 Å². The molecule has 0 bridgehead atoms. The standard InChI is InChI=1S/C17H18BrF2N5O2/c1-2-23-5-7-24(8-6-23)16-12(19)9-11(10-13(16)20)21-17-14(25(26)27)3-4-15(18)22-17/h3-4,9-10H,2,5-8H2,1H3,(H,21,22). The predicted molar refractivity (Wildman–Crippen MR) is 103 cm³/mol. The van der Waals surface area contributed by atoms with Crippen molar-refractivity contribution >= 4 is 38.8 Å². The van der Waals surface area contributed by atoms with Crippen LogP contribution in [0.1, 0.15) is 6.92 Å². The summed E-state index contributed by atoms with van der Waals surface area (Å²) < 4.78 is 29.6. The summed E-state index contributed by atoms with van der Waals surface area (Å²) in [5.41, 5.74) is -0.318. The van der Waals surface area contributed by atoms with Crippen LogP contribution in [0.2, 0.25) is 0 Å². The van der Waals surface area contributed by atoms with Crippen molar-refractivity contribution in [3.8, 4) is 0 Å². The van der Waals surface area contributed by atoms with Gasteiger partial charge in [-0.2, -0.15) is 0 Å². The Kier molecular flexibility index (Phi) is 5.85. The van der Waals surface area contributed by atoms with E-state index < -0.39 is 16.6 Å². The molecule has 144 valence electrons. The quantitative estimate of drug-likeness (QED) is 0.430. The van der Waals surface area contributed by atoms with Crippen LogP contribution in [0.3, 0.4) is 0 Å². The summed E-state index contributed by atoms with van der Waals surface area (Å²) in [6.07, 6.45) is 0. The first-order chi connectivity index (χ1) is 12.9. The fourth-order valence-corrected chi connectivity index (χ4v) is 3.34. The zero-order chi connectivity index (χ0) is 19.6. The Bertz CT molecular complexity index is 836. The summed E-state index contributed by atoms with van der Waals surface area (Å²) in [4.78, 5) is 18.4. The zero-order valence-corrected chi connectivity index (χ0v) is 16.2. The molecule has 7 nitrogen and oxygen atoms in total. The van der Waals surface area contributed by atoms with Crippen LogP contribution in [0.15, 0.2) is 28.9 Å². The maximum atomic E-state index is 14.6. The lowest BCUT2D eigenvalue weighted by molar-refractivity contribution is -0.384. The number of piperazine rings is 1. The van der Waals surface area contributed by atoms with Gasteiger partial charge in [0, 0.05) is 37.9 Å². The third kappa shape index (κ3) is 4.33. The number of likely N-dealkylation sites (N-methyl/N-ethyl adjacent to an activating group) is 1. The Morgan fingerprint density at radius 3 is 2.41 bits per heavy atom. The van der Waals surface area contributed by atoms with Gasteiger partial charge in [0.25, 0.3) is 0 Å². The van der Waals surface area contributed by atoms with E-state index in [0.717, 1.165) is 31.8 Å². The first-order valence-corrected chi connectivity index (χ1v) is 9.22. The normalized spacial score (nSPS) is 15.0. The number of hydrogen-bond donors (Lipinski definition) is 1. The Balaban J connectivity index is 1.86. The van der Waals surface area contributed by atoms with Gasteiger partial charge in [-0.05, 0) is 40.7 Å². The highest BCUT2D eigenvalue weighted by Gasteiger charge is 2.23. The van der Waals surface area contributed by atoms with Crippen LogP contribution in [0.4, 0.5) is 31.7 Å². The summed E-state index contributed by atoms with van der Waals surface area (Å²) in [5, 5.41) is 13.8. The molecule has 2 aromatic rings. The molecule has 0 radical (unpaired) electrons. The number of anilines is 3. The van der Waals surface area contributed by atoms with Gasteiger partial charge in [0.1, 0.15) is 10.3 Å². The molecule has 0 spiro atoms. The fraction of sp³-hybridized carbons (Fsp3) is 0.353. The summed E-state index contributed by atoms with van der Waals surface area (Å²) in [5.74, 6) is -1.54. The monoisotopic (exact) mass is 441 g/mol. The van der Waals surface area contributed by atoms with Gasteiger partial charge < -0.3 is 15.1 Å². The number of nitrogens with one attached hydrogen (secondary N) is 1. The summed E-state index contributed by atoms with van der Waals surface area (Å²) in [6, 6.07) is 4.92. The molecular formula is C17H18BrF2N5O2. The first-order valence-electron chi connectivity index (χ1n) is 8.43. The number of nitro groups is 1. The minimum atomic E-state index is -0.722. The second-order valence-corrected chi connectivity index (χ2v) is 6.91. The van der Waals surface area contributed by atoms with E-state index in [0.29, 0.717) is 17.7 Å². The van der Waals surface area contributed by atoms with Crippen LogP contribution in [0.25, 0.3) is 0 Å². The van der Waals surface area contributed by atoms with E-state index in [1.54, 1.807) is 4.90 Å². The molecule has 1 aliphatic rings. The average Bonchev–Trinajstić information content (AvgIpc) is 2.61. The minimum absolute atomic E-state index is 0.0506. The van der Waals surface area contributed by atoms with Crippen molar-refractivity contribution in [1.82, 2.24) is 9.88 Å². The highest BCUT2D eigenvalue weighted by atomic mass is 79.9. The highest BCUT2D eigenvalue weighted by molar-refractivity contribution is 9.10. The van der Waals surface area contributed by atoms with E-state index in [2.05, 4.69) is 31.1 Å². The van der Waals surface area contributed by atoms with Crippen LogP contribution in [0, 0.1) is 21.7 Å². The second kappa shape index (κ2) is 8.13. The average molecular weight is 442 g/mol. The Labute approximate surface area is 163 Å². The van der Waals surface area contributed by atoms with E-state index in [-0.39, 0.29) is 22.9 Å². The molecule has 2 heterocycles. The molecule has 3 rings (SSSR count). The van der Waals surface area contributed by atoms with Crippen LogP contribution >= 0.6 is 15.9 Å². The molecule has 0 amide bonds. The largest absolute Gasteiger partial charge is 0.364 e. The van der Waals surface area contributed by atoms with Crippen molar-refractivity contribution in [3.05, 3.63) is 50.6 Å². The molecule has 27 heavy (non-hydrogen) atoms. The number of rotatable bonds is 5. The predicted octanol–water partition coefficient (Wildman–Crippen LogP) is 3.92. The molecule has 0 atom stereocenters.